The van der Waals surface area contributed by atoms with Gasteiger partial charge in [0.05, 0.1) is 5.56 Å². The largest absolute Gasteiger partial charge is 0.328 e. The van der Waals surface area contributed by atoms with E-state index in [0.717, 1.165) is 0 Å². The molecule has 14 heavy (non-hydrogen) atoms. The number of aromatic nitrogens is 1. The Labute approximate surface area is 78.0 Å². The Bertz CT molecular complexity index is 433. The zero-order valence-electron chi connectivity index (χ0n) is 7.05. The molecule has 0 aliphatic carbocycles. The Morgan fingerprint density at radius 2 is 2.29 bits per heavy atom. The second kappa shape index (κ2) is 3.98. The number of pyridine rings is 1. The highest BCUT2D eigenvalue weighted by atomic mass is 19.3. The zero-order valence-corrected chi connectivity index (χ0v) is 7.05. The third-order valence-electron chi connectivity index (χ3n) is 1.76. The molecule has 0 aliphatic rings. The van der Waals surface area contributed by atoms with Crippen molar-refractivity contribution < 1.29 is 8.78 Å². The molecule has 0 fully saturated rings. The Morgan fingerprint density at radius 3 is 2.71 bits per heavy atom. The Balaban J connectivity index is 3.53. The van der Waals surface area contributed by atoms with E-state index in [0.29, 0.717) is 0 Å². The molecule has 74 valence electrons. The fourth-order valence-corrected chi connectivity index (χ4v) is 1.09. The molecule has 3 N–H and O–H groups in total. The minimum Gasteiger partial charge on any atom is -0.328 e. The van der Waals surface area contributed by atoms with E-state index in [2.05, 4.69) is 4.98 Å². The predicted octanol–water partition coefficient (Wildman–Crippen LogP) is 0.643. The topological polar surface area (TPSA) is 82.7 Å². The summed E-state index contributed by atoms with van der Waals surface area (Å²) in [5.41, 5.74) is 3.35. The highest BCUT2D eigenvalue weighted by Crippen LogP contribution is 2.20. The number of hydrogen-bond donors (Lipinski definition) is 2. The molecule has 1 rings (SSSR count). The molecule has 0 saturated heterocycles. The third-order valence-corrected chi connectivity index (χ3v) is 1.76. The summed E-state index contributed by atoms with van der Waals surface area (Å²) in [5.74, 6) is 0. The summed E-state index contributed by atoms with van der Waals surface area (Å²) in [4.78, 5) is 13.1. The second-order valence-corrected chi connectivity index (χ2v) is 2.55. The summed E-state index contributed by atoms with van der Waals surface area (Å²) in [6.45, 7) is -0.0700. The van der Waals surface area contributed by atoms with Crippen molar-refractivity contribution in [3.8, 4) is 6.07 Å². The van der Waals surface area contributed by atoms with Crippen molar-refractivity contribution in [1.82, 2.24) is 4.98 Å². The normalized spacial score (nSPS) is 10.2. The van der Waals surface area contributed by atoms with Gasteiger partial charge in [-0.05, 0) is 0 Å². The van der Waals surface area contributed by atoms with Gasteiger partial charge in [0.2, 0.25) is 0 Å². The van der Waals surface area contributed by atoms with Gasteiger partial charge in [0.25, 0.3) is 12.0 Å². The van der Waals surface area contributed by atoms with Crippen molar-refractivity contribution in [1.29, 1.82) is 5.26 Å². The number of nitrogens with zero attached hydrogens (tertiary/aromatic N) is 1. The van der Waals surface area contributed by atoms with Crippen molar-refractivity contribution >= 4 is 0 Å². The van der Waals surface area contributed by atoms with E-state index in [1.807, 2.05) is 0 Å². The minimum absolute atomic E-state index is 0.0700. The van der Waals surface area contributed by atoms with Crippen LogP contribution in [-0.2, 0) is 6.54 Å². The van der Waals surface area contributed by atoms with Gasteiger partial charge in [-0.3, -0.25) is 4.79 Å². The molecule has 4 nitrogen and oxygen atoms in total. The van der Waals surface area contributed by atoms with Crippen molar-refractivity contribution in [2.75, 3.05) is 0 Å². The average molecular weight is 199 g/mol. The molecule has 0 unspecified atom stereocenters. The van der Waals surface area contributed by atoms with Crippen LogP contribution in [0.2, 0.25) is 0 Å². The first-order chi connectivity index (χ1) is 6.61. The van der Waals surface area contributed by atoms with Gasteiger partial charge in [0.1, 0.15) is 11.6 Å². The lowest BCUT2D eigenvalue weighted by atomic mass is 10.1. The van der Waals surface area contributed by atoms with Gasteiger partial charge in [0, 0.05) is 18.3 Å². The molecular formula is C8H7F2N3O. The second-order valence-electron chi connectivity index (χ2n) is 2.55. The molecule has 0 bridgehead atoms. The molecule has 1 heterocycles. The third kappa shape index (κ3) is 1.63. The zero-order chi connectivity index (χ0) is 10.7. The van der Waals surface area contributed by atoms with Crippen LogP contribution in [-0.4, -0.2) is 4.98 Å². The van der Waals surface area contributed by atoms with Crippen LogP contribution in [0.3, 0.4) is 0 Å². The van der Waals surface area contributed by atoms with Crippen LogP contribution in [0.25, 0.3) is 0 Å². The molecule has 1 aromatic heterocycles. The minimum atomic E-state index is -2.97. The van der Waals surface area contributed by atoms with E-state index in [1.54, 1.807) is 6.07 Å². The van der Waals surface area contributed by atoms with E-state index < -0.39 is 17.5 Å². The quantitative estimate of drug-likeness (QED) is 0.733. The van der Waals surface area contributed by atoms with Crippen LogP contribution in [0.1, 0.15) is 23.1 Å². The van der Waals surface area contributed by atoms with Crippen LogP contribution in [0.4, 0.5) is 8.78 Å². The maximum atomic E-state index is 12.4. The maximum Gasteiger partial charge on any atom is 0.270 e. The number of aromatic amines is 1. The Kier molecular flexibility index (Phi) is 2.94. The molecular weight excluding hydrogens is 192 g/mol. The summed E-state index contributed by atoms with van der Waals surface area (Å²) < 4.78 is 24.8. The summed E-state index contributed by atoms with van der Waals surface area (Å²) in [7, 11) is 0. The fraction of sp³-hybridized carbons (Fsp3) is 0.250. The summed E-state index contributed by atoms with van der Waals surface area (Å²) in [6, 6.07) is 1.56. The van der Waals surface area contributed by atoms with E-state index in [1.165, 1.54) is 6.20 Å². The molecule has 0 aliphatic heterocycles. The van der Waals surface area contributed by atoms with Gasteiger partial charge in [-0.15, -0.1) is 0 Å². The van der Waals surface area contributed by atoms with Crippen molar-refractivity contribution in [2.24, 2.45) is 5.73 Å². The first-order valence-electron chi connectivity index (χ1n) is 3.74. The number of rotatable bonds is 2. The lowest BCUT2D eigenvalue weighted by Gasteiger charge is -2.05. The number of nitrogens with two attached hydrogens (primary N) is 1. The molecule has 0 spiro atoms. The van der Waals surface area contributed by atoms with Crippen LogP contribution in [0.15, 0.2) is 11.0 Å². The molecule has 6 heteroatoms. The first kappa shape index (κ1) is 10.3. The average Bonchev–Trinajstić information content (AvgIpc) is 2.16. The van der Waals surface area contributed by atoms with Crippen LogP contribution < -0.4 is 11.3 Å². The number of halogens is 2. The molecule has 0 amide bonds. The fourth-order valence-electron chi connectivity index (χ4n) is 1.09. The van der Waals surface area contributed by atoms with Gasteiger partial charge in [0.15, 0.2) is 0 Å². The molecule has 0 saturated carbocycles. The van der Waals surface area contributed by atoms with E-state index >= 15 is 0 Å². The van der Waals surface area contributed by atoms with Gasteiger partial charge < -0.3 is 10.7 Å². The molecule has 0 atom stereocenters. The monoisotopic (exact) mass is 199 g/mol. The van der Waals surface area contributed by atoms with E-state index in [-0.39, 0.29) is 17.7 Å². The molecule has 0 aromatic carbocycles. The van der Waals surface area contributed by atoms with Crippen molar-refractivity contribution in [3.05, 3.63) is 33.2 Å². The first-order valence-corrected chi connectivity index (χ1v) is 3.74. The van der Waals surface area contributed by atoms with Gasteiger partial charge in [-0.1, -0.05) is 0 Å². The standard InChI is InChI=1S/C8H7F2N3O/c9-7(10)6-5(2-12)4(1-11)3-13-8(6)14/h3,7H,1,11H2,(H,13,14). The predicted molar refractivity (Wildman–Crippen MR) is 44.6 cm³/mol. The van der Waals surface area contributed by atoms with Crippen molar-refractivity contribution in [3.63, 3.8) is 0 Å². The van der Waals surface area contributed by atoms with Gasteiger partial charge in [-0.2, -0.15) is 5.26 Å². The van der Waals surface area contributed by atoms with Gasteiger partial charge >= 0.3 is 0 Å². The number of alkyl halides is 2. The van der Waals surface area contributed by atoms with E-state index in [9.17, 15) is 13.6 Å². The Morgan fingerprint density at radius 1 is 1.64 bits per heavy atom. The SMILES string of the molecule is N#Cc1c(CN)c[nH]c(=O)c1C(F)F. The van der Waals surface area contributed by atoms with Crippen molar-refractivity contribution in [2.45, 2.75) is 13.0 Å². The lowest BCUT2D eigenvalue weighted by Crippen LogP contribution is -2.18. The summed E-state index contributed by atoms with van der Waals surface area (Å²) in [5, 5.41) is 8.61. The Hall–Kier alpha value is -1.74. The van der Waals surface area contributed by atoms with Crippen LogP contribution in [0.5, 0.6) is 0 Å². The highest BCUT2D eigenvalue weighted by Gasteiger charge is 2.19. The number of H-pyrrole nitrogens is 1. The number of nitriles is 1. The molecule has 0 radical (unpaired) electrons. The summed E-state index contributed by atoms with van der Waals surface area (Å²) >= 11 is 0. The van der Waals surface area contributed by atoms with Crippen LogP contribution >= 0.6 is 0 Å². The molecule has 1 aromatic rings. The van der Waals surface area contributed by atoms with E-state index in [4.69, 9.17) is 11.0 Å². The maximum absolute atomic E-state index is 12.4. The van der Waals surface area contributed by atoms with Crippen LogP contribution in [0, 0.1) is 11.3 Å². The smallest absolute Gasteiger partial charge is 0.270 e. The number of nitrogens with one attached hydrogen (secondary N) is 1. The van der Waals surface area contributed by atoms with Gasteiger partial charge in [-0.25, -0.2) is 8.78 Å². The lowest BCUT2D eigenvalue weighted by molar-refractivity contribution is 0.149. The summed E-state index contributed by atoms with van der Waals surface area (Å²) in [6.07, 6.45) is -1.80. The number of hydrogen-bond acceptors (Lipinski definition) is 3. The highest BCUT2D eigenvalue weighted by molar-refractivity contribution is 5.42.